The third-order valence-corrected chi connectivity index (χ3v) is 3.07. The molecule has 0 aromatic heterocycles. The fourth-order valence-corrected chi connectivity index (χ4v) is 2.32. The number of rotatable bonds is 6. The SMILES string of the molecule is CC(N)C(c1cccc(F)c1)N(CCO)C(C)C. The third kappa shape index (κ3) is 3.77. The molecular formula is C14H23FN2O. The van der Waals surface area contributed by atoms with Gasteiger partial charge in [0.2, 0.25) is 0 Å². The lowest BCUT2D eigenvalue weighted by Gasteiger charge is -2.37. The summed E-state index contributed by atoms with van der Waals surface area (Å²) in [4.78, 5) is 2.10. The molecule has 0 aliphatic heterocycles. The summed E-state index contributed by atoms with van der Waals surface area (Å²) in [5.74, 6) is -0.258. The highest BCUT2D eigenvalue weighted by Crippen LogP contribution is 2.25. The van der Waals surface area contributed by atoms with Gasteiger partial charge < -0.3 is 10.8 Å². The first-order valence-electron chi connectivity index (χ1n) is 6.35. The molecule has 1 aromatic carbocycles. The Bertz CT molecular complexity index is 369. The Kier molecular flexibility index (Phi) is 5.72. The number of hydrogen-bond donors (Lipinski definition) is 2. The summed E-state index contributed by atoms with van der Waals surface area (Å²) in [5.41, 5.74) is 6.90. The van der Waals surface area contributed by atoms with Gasteiger partial charge in [0, 0.05) is 18.6 Å². The molecule has 0 heterocycles. The smallest absolute Gasteiger partial charge is 0.123 e. The number of benzene rings is 1. The van der Waals surface area contributed by atoms with Gasteiger partial charge in [0.25, 0.3) is 0 Å². The first kappa shape index (κ1) is 15.1. The summed E-state index contributed by atoms with van der Waals surface area (Å²) in [6, 6.07) is 6.51. The lowest BCUT2D eigenvalue weighted by atomic mass is 9.97. The summed E-state index contributed by atoms with van der Waals surface area (Å²) in [6.07, 6.45) is 0. The van der Waals surface area contributed by atoms with E-state index in [4.69, 9.17) is 10.8 Å². The van der Waals surface area contributed by atoms with Crippen molar-refractivity contribution in [3.8, 4) is 0 Å². The van der Waals surface area contributed by atoms with Crippen LogP contribution in [0.25, 0.3) is 0 Å². The van der Waals surface area contributed by atoms with Gasteiger partial charge >= 0.3 is 0 Å². The first-order valence-corrected chi connectivity index (χ1v) is 6.35. The lowest BCUT2D eigenvalue weighted by molar-refractivity contribution is 0.105. The van der Waals surface area contributed by atoms with E-state index in [1.165, 1.54) is 12.1 Å². The van der Waals surface area contributed by atoms with Gasteiger partial charge in [-0.2, -0.15) is 0 Å². The zero-order chi connectivity index (χ0) is 13.7. The van der Waals surface area contributed by atoms with E-state index >= 15 is 0 Å². The summed E-state index contributed by atoms with van der Waals surface area (Å²) in [6.45, 7) is 6.59. The van der Waals surface area contributed by atoms with Crippen LogP contribution in [0.4, 0.5) is 4.39 Å². The van der Waals surface area contributed by atoms with Gasteiger partial charge in [-0.3, -0.25) is 4.90 Å². The van der Waals surface area contributed by atoms with Crippen molar-refractivity contribution in [2.45, 2.75) is 38.9 Å². The largest absolute Gasteiger partial charge is 0.395 e. The van der Waals surface area contributed by atoms with Crippen molar-refractivity contribution < 1.29 is 9.50 Å². The maximum Gasteiger partial charge on any atom is 0.123 e. The van der Waals surface area contributed by atoms with E-state index in [-0.39, 0.29) is 30.5 Å². The van der Waals surface area contributed by atoms with Crippen molar-refractivity contribution in [3.63, 3.8) is 0 Å². The second kappa shape index (κ2) is 6.83. The Balaban J connectivity index is 3.07. The van der Waals surface area contributed by atoms with Crippen molar-refractivity contribution in [1.29, 1.82) is 0 Å². The van der Waals surface area contributed by atoms with E-state index < -0.39 is 0 Å². The predicted molar refractivity (Wildman–Crippen MR) is 71.7 cm³/mol. The van der Waals surface area contributed by atoms with Crippen molar-refractivity contribution in [2.75, 3.05) is 13.2 Å². The molecule has 0 saturated carbocycles. The highest BCUT2D eigenvalue weighted by Gasteiger charge is 2.25. The van der Waals surface area contributed by atoms with Gasteiger partial charge in [0.15, 0.2) is 0 Å². The molecule has 0 saturated heterocycles. The number of hydrogen-bond acceptors (Lipinski definition) is 3. The average Bonchev–Trinajstić information content (AvgIpc) is 2.27. The zero-order valence-corrected chi connectivity index (χ0v) is 11.3. The van der Waals surface area contributed by atoms with Crippen molar-refractivity contribution in [2.24, 2.45) is 5.73 Å². The molecule has 0 radical (unpaired) electrons. The van der Waals surface area contributed by atoms with Gasteiger partial charge in [-0.15, -0.1) is 0 Å². The van der Waals surface area contributed by atoms with Gasteiger partial charge in [-0.1, -0.05) is 12.1 Å². The van der Waals surface area contributed by atoms with E-state index in [1.54, 1.807) is 6.07 Å². The molecule has 4 heteroatoms. The average molecular weight is 254 g/mol. The molecule has 2 atom stereocenters. The summed E-state index contributed by atoms with van der Waals surface area (Å²) in [5, 5.41) is 9.16. The molecule has 18 heavy (non-hydrogen) atoms. The third-order valence-electron chi connectivity index (χ3n) is 3.07. The monoisotopic (exact) mass is 254 g/mol. The maximum atomic E-state index is 13.3. The second-order valence-electron chi connectivity index (χ2n) is 4.91. The molecule has 3 N–H and O–H groups in total. The molecule has 102 valence electrons. The highest BCUT2D eigenvalue weighted by atomic mass is 19.1. The van der Waals surface area contributed by atoms with Crippen LogP contribution in [0.3, 0.4) is 0 Å². The Morgan fingerprint density at radius 1 is 1.33 bits per heavy atom. The fourth-order valence-electron chi connectivity index (χ4n) is 2.32. The Morgan fingerprint density at radius 3 is 2.44 bits per heavy atom. The minimum atomic E-state index is -0.258. The molecule has 0 bridgehead atoms. The quantitative estimate of drug-likeness (QED) is 0.815. The summed E-state index contributed by atoms with van der Waals surface area (Å²) in [7, 11) is 0. The first-order chi connectivity index (χ1) is 8.47. The Hall–Kier alpha value is -0.970. The van der Waals surface area contributed by atoms with Crippen LogP contribution in [0.2, 0.25) is 0 Å². The number of halogens is 1. The van der Waals surface area contributed by atoms with E-state index in [1.807, 2.05) is 26.8 Å². The molecular weight excluding hydrogens is 231 g/mol. The fraction of sp³-hybridized carbons (Fsp3) is 0.571. The number of aliphatic hydroxyl groups excluding tert-OH is 1. The standard InChI is InChI=1S/C14H23FN2O/c1-10(2)17(7-8-18)14(11(3)16)12-5-4-6-13(15)9-12/h4-6,9-11,14,18H,7-8,16H2,1-3H3. The van der Waals surface area contributed by atoms with Crippen molar-refractivity contribution in [1.82, 2.24) is 4.90 Å². The van der Waals surface area contributed by atoms with Crippen LogP contribution in [0.1, 0.15) is 32.4 Å². The van der Waals surface area contributed by atoms with Gasteiger partial charge in [0.05, 0.1) is 12.6 Å². The van der Waals surface area contributed by atoms with Gasteiger partial charge in [-0.25, -0.2) is 4.39 Å². The summed E-state index contributed by atoms with van der Waals surface area (Å²) < 4.78 is 13.3. The molecule has 0 amide bonds. The molecule has 0 aliphatic carbocycles. The van der Waals surface area contributed by atoms with Crippen LogP contribution >= 0.6 is 0 Å². The summed E-state index contributed by atoms with van der Waals surface area (Å²) >= 11 is 0. The molecule has 0 aliphatic rings. The van der Waals surface area contributed by atoms with E-state index in [9.17, 15) is 4.39 Å². The Labute approximate surface area is 108 Å². The Morgan fingerprint density at radius 2 is 2.00 bits per heavy atom. The van der Waals surface area contributed by atoms with E-state index in [0.717, 1.165) is 5.56 Å². The number of aliphatic hydroxyl groups is 1. The van der Waals surface area contributed by atoms with E-state index in [2.05, 4.69) is 4.90 Å². The minimum absolute atomic E-state index is 0.0662. The van der Waals surface area contributed by atoms with Crippen LogP contribution in [-0.4, -0.2) is 35.2 Å². The molecule has 1 aromatic rings. The zero-order valence-electron chi connectivity index (χ0n) is 11.3. The lowest BCUT2D eigenvalue weighted by Crippen LogP contribution is -2.44. The van der Waals surface area contributed by atoms with Crippen molar-refractivity contribution >= 4 is 0 Å². The normalized spacial score (nSPS) is 15.1. The van der Waals surface area contributed by atoms with Crippen LogP contribution < -0.4 is 5.73 Å². The predicted octanol–water partition coefficient (Wildman–Crippen LogP) is 1.92. The maximum absolute atomic E-state index is 13.3. The molecule has 2 unspecified atom stereocenters. The minimum Gasteiger partial charge on any atom is -0.395 e. The topological polar surface area (TPSA) is 49.5 Å². The van der Waals surface area contributed by atoms with Crippen LogP contribution in [0.15, 0.2) is 24.3 Å². The number of nitrogens with two attached hydrogens (primary N) is 1. The van der Waals surface area contributed by atoms with Gasteiger partial charge in [-0.05, 0) is 38.5 Å². The second-order valence-corrected chi connectivity index (χ2v) is 4.91. The van der Waals surface area contributed by atoms with Crippen LogP contribution in [-0.2, 0) is 0 Å². The highest BCUT2D eigenvalue weighted by molar-refractivity contribution is 5.22. The molecule has 3 nitrogen and oxygen atoms in total. The molecule has 1 rings (SSSR count). The van der Waals surface area contributed by atoms with Crippen LogP contribution in [0, 0.1) is 5.82 Å². The van der Waals surface area contributed by atoms with Crippen LogP contribution in [0.5, 0.6) is 0 Å². The van der Waals surface area contributed by atoms with E-state index in [0.29, 0.717) is 6.54 Å². The molecule has 0 spiro atoms. The number of nitrogens with zero attached hydrogens (tertiary/aromatic N) is 1. The molecule has 0 fully saturated rings. The van der Waals surface area contributed by atoms with Crippen molar-refractivity contribution in [3.05, 3.63) is 35.6 Å². The van der Waals surface area contributed by atoms with Gasteiger partial charge in [0.1, 0.15) is 5.82 Å².